The van der Waals surface area contributed by atoms with E-state index in [4.69, 9.17) is 4.74 Å². The minimum absolute atomic E-state index is 0.159. The molecular formula is C27H28FN3O4S. The lowest BCUT2D eigenvalue weighted by Gasteiger charge is -2.30. The highest BCUT2D eigenvalue weighted by Crippen LogP contribution is 2.42. The maximum Gasteiger partial charge on any atom is 0.407 e. The number of ether oxygens (including phenoxy) is 1. The van der Waals surface area contributed by atoms with E-state index in [1.54, 1.807) is 6.20 Å². The summed E-state index contributed by atoms with van der Waals surface area (Å²) in [5.41, 5.74) is 3.36. The van der Waals surface area contributed by atoms with Gasteiger partial charge in [0, 0.05) is 40.7 Å². The molecule has 1 amide bonds. The third kappa shape index (κ3) is 4.69. The van der Waals surface area contributed by atoms with Crippen molar-refractivity contribution in [2.24, 2.45) is 0 Å². The SMILES string of the molecule is O=C(N[C@@H]1Cc2cc3cnc(C4CC4)cc3c(S(=O)(=O)NC3CC(F)C3)c2C1)OCc1ccccc1. The van der Waals surface area contributed by atoms with Crippen LogP contribution in [0.25, 0.3) is 10.8 Å². The maximum atomic E-state index is 13.6. The van der Waals surface area contributed by atoms with Crippen LogP contribution in [0.2, 0.25) is 0 Å². The molecule has 0 radical (unpaired) electrons. The molecule has 2 fully saturated rings. The van der Waals surface area contributed by atoms with E-state index >= 15 is 0 Å². The van der Waals surface area contributed by atoms with Gasteiger partial charge in [-0.05, 0) is 67.3 Å². The number of alkyl carbamates (subject to hydrolysis) is 1. The summed E-state index contributed by atoms with van der Waals surface area (Å²) in [6.45, 7) is 0.159. The van der Waals surface area contributed by atoms with E-state index in [0.29, 0.717) is 29.7 Å². The first-order valence-corrected chi connectivity index (χ1v) is 13.9. The van der Waals surface area contributed by atoms with Gasteiger partial charge in [-0.3, -0.25) is 4.98 Å². The average molecular weight is 510 g/mol. The number of carbonyl (C=O) groups is 1. The van der Waals surface area contributed by atoms with Gasteiger partial charge in [-0.25, -0.2) is 22.3 Å². The molecular weight excluding hydrogens is 481 g/mol. The van der Waals surface area contributed by atoms with Gasteiger partial charge in [-0.1, -0.05) is 30.3 Å². The number of benzene rings is 2. The van der Waals surface area contributed by atoms with Crippen LogP contribution in [-0.4, -0.2) is 37.8 Å². The second kappa shape index (κ2) is 9.12. The average Bonchev–Trinajstić information content (AvgIpc) is 3.61. The van der Waals surface area contributed by atoms with Crippen LogP contribution in [0.4, 0.5) is 9.18 Å². The molecule has 188 valence electrons. The molecule has 0 bridgehead atoms. The highest BCUT2D eigenvalue weighted by Gasteiger charge is 2.37. The Kier molecular flexibility index (Phi) is 5.92. The quantitative estimate of drug-likeness (QED) is 0.495. The van der Waals surface area contributed by atoms with E-state index < -0.39 is 28.3 Å². The number of sulfonamides is 1. The Balaban J connectivity index is 1.28. The summed E-state index contributed by atoms with van der Waals surface area (Å²) in [5.74, 6) is 0.374. The summed E-state index contributed by atoms with van der Waals surface area (Å²) < 4.78 is 48.8. The van der Waals surface area contributed by atoms with Crippen LogP contribution in [0, 0.1) is 0 Å². The third-order valence-electron chi connectivity index (χ3n) is 7.31. The number of nitrogens with zero attached hydrogens (tertiary/aromatic N) is 1. The lowest BCUT2D eigenvalue weighted by Crippen LogP contribution is -2.45. The summed E-state index contributed by atoms with van der Waals surface area (Å²) in [7, 11) is -3.90. The van der Waals surface area contributed by atoms with E-state index in [9.17, 15) is 17.6 Å². The van der Waals surface area contributed by atoms with Gasteiger partial charge in [0.25, 0.3) is 0 Å². The standard InChI is InChI=1S/C27H28FN3O4S/c28-20-10-22(11-20)31-36(33,34)26-23-12-21(30-27(32)35-15-16-4-2-1-3-5-16)9-18(23)8-19-14-29-25(13-24(19)26)17-6-7-17/h1-5,8,13-14,17,20-22,31H,6-7,9-12,15H2,(H,30,32)/t20?,21-,22?/m1/s1. The van der Waals surface area contributed by atoms with Gasteiger partial charge in [0.05, 0.1) is 4.90 Å². The molecule has 3 aliphatic carbocycles. The zero-order chi connectivity index (χ0) is 24.9. The Labute approximate surface area is 209 Å². The zero-order valence-corrected chi connectivity index (χ0v) is 20.6. The van der Waals surface area contributed by atoms with Gasteiger partial charge >= 0.3 is 6.09 Å². The van der Waals surface area contributed by atoms with Crippen molar-refractivity contribution in [3.05, 3.63) is 71.0 Å². The molecule has 1 aromatic heterocycles. The van der Waals surface area contributed by atoms with Crippen LogP contribution in [0.5, 0.6) is 0 Å². The number of fused-ring (bicyclic) bond motifs is 2. The van der Waals surface area contributed by atoms with Gasteiger partial charge < -0.3 is 10.1 Å². The largest absolute Gasteiger partial charge is 0.445 e. The predicted octanol–water partition coefficient (Wildman–Crippen LogP) is 4.28. The van der Waals surface area contributed by atoms with E-state index in [1.807, 2.05) is 42.5 Å². The highest BCUT2D eigenvalue weighted by molar-refractivity contribution is 7.89. The van der Waals surface area contributed by atoms with Crippen molar-refractivity contribution in [2.75, 3.05) is 0 Å². The first-order valence-electron chi connectivity index (χ1n) is 12.4. The number of amides is 1. The lowest BCUT2D eigenvalue weighted by molar-refractivity contribution is 0.136. The van der Waals surface area contributed by atoms with Crippen molar-refractivity contribution < 1.29 is 22.3 Å². The summed E-state index contributed by atoms with van der Waals surface area (Å²) >= 11 is 0. The third-order valence-corrected chi connectivity index (χ3v) is 8.96. The van der Waals surface area contributed by atoms with E-state index in [2.05, 4.69) is 15.0 Å². The Bertz CT molecular complexity index is 1420. The van der Waals surface area contributed by atoms with Gasteiger partial charge in [-0.2, -0.15) is 0 Å². The van der Waals surface area contributed by atoms with Crippen molar-refractivity contribution in [1.29, 1.82) is 0 Å². The maximum absolute atomic E-state index is 13.6. The number of halogens is 1. The smallest absolute Gasteiger partial charge is 0.407 e. The molecule has 3 aliphatic rings. The molecule has 6 rings (SSSR count). The number of nitrogens with one attached hydrogen (secondary N) is 2. The molecule has 3 aromatic rings. The summed E-state index contributed by atoms with van der Waals surface area (Å²) in [5, 5.41) is 4.29. The van der Waals surface area contributed by atoms with Gasteiger partial charge in [0.15, 0.2) is 0 Å². The minimum atomic E-state index is -3.90. The molecule has 2 saturated carbocycles. The highest BCUT2D eigenvalue weighted by atomic mass is 32.2. The summed E-state index contributed by atoms with van der Waals surface area (Å²) in [6.07, 6.45) is 3.62. The molecule has 7 nitrogen and oxygen atoms in total. The van der Waals surface area contributed by atoms with Gasteiger partial charge in [0.2, 0.25) is 10.0 Å². The second-order valence-electron chi connectivity index (χ2n) is 10.1. The molecule has 2 N–H and O–H groups in total. The van der Waals surface area contributed by atoms with Crippen LogP contribution in [0.15, 0.2) is 53.6 Å². The van der Waals surface area contributed by atoms with Crippen LogP contribution >= 0.6 is 0 Å². The summed E-state index contributed by atoms with van der Waals surface area (Å²) in [6, 6.07) is 12.6. The van der Waals surface area contributed by atoms with E-state index in [1.165, 1.54) is 0 Å². The van der Waals surface area contributed by atoms with Crippen molar-refractivity contribution in [3.8, 4) is 0 Å². The number of hydrogen-bond donors (Lipinski definition) is 2. The number of alkyl halides is 1. The Morgan fingerprint density at radius 2 is 1.86 bits per heavy atom. The number of carbonyl (C=O) groups excluding carboxylic acids is 1. The fourth-order valence-corrected chi connectivity index (χ4v) is 6.99. The monoisotopic (exact) mass is 509 g/mol. The van der Waals surface area contributed by atoms with Gasteiger partial charge in [-0.15, -0.1) is 0 Å². The van der Waals surface area contributed by atoms with Crippen LogP contribution < -0.4 is 10.0 Å². The van der Waals surface area contributed by atoms with Crippen molar-refractivity contribution in [3.63, 3.8) is 0 Å². The van der Waals surface area contributed by atoms with Gasteiger partial charge in [0.1, 0.15) is 12.8 Å². The topological polar surface area (TPSA) is 97.4 Å². The molecule has 0 spiro atoms. The molecule has 1 atom stereocenters. The van der Waals surface area contributed by atoms with Crippen LogP contribution in [0.3, 0.4) is 0 Å². The van der Waals surface area contributed by atoms with Crippen LogP contribution in [0.1, 0.15) is 54.0 Å². The minimum Gasteiger partial charge on any atom is -0.445 e. The second-order valence-corrected chi connectivity index (χ2v) is 11.8. The Hall–Kier alpha value is -3.04. The molecule has 36 heavy (non-hydrogen) atoms. The normalized spacial score (nSPS) is 23.2. The molecule has 1 heterocycles. The fourth-order valence-electron chi connectivity index (χ4n) is 5.23. The summed E-state index contributed by atoms with van der Waals surface area (Å²) in [4.78, 5) is 17.3. The Morgan fingerprint density at radius 1 is 1.08 bits per heavy atom. The van der Waals surface area contributed by atoms with Crippen molar-refractivity contribution in [2.45, 2.75) is 74.2 Å². The lowest BCUT2D eigenvalue weighted by atomic mass is 9.92. The molecule has 9 heteroatoms. The predicted molar refractivity (Wildman–Crippen MR) is 133 cm³/mol. The molecule has 2 aromatic carbocycles. The fraction of sp³-hybridized carbons (Fsp3) is 0.407. The van der Waals surface area contributed by atoms with E-state index in [-0.39, 0.29) is 30.4 Å². The molecule has 0 saturated heterocycles. The first kappa shape index (κ1) is 23.4. The number of rotatable bonds is 7. The number of pyridine rings is 1. The number of aromatic nitrogens is 1. The van der Waals surface area contributed by atoms with Crippen LogP contribution in [-0.2, 0) is 34.2 Å². The van der Waals surface area contributed by atoms with Crippen molar-refractivity contribution in [1.82, 2.24) is 15.0 Å². The van der Waals surface area contributed by atoms with E-state index in [0.717, 1.165) is 35.0 Å². The zero-order valence-electron chi connectivity index (χ0n) is 19.7. The Morgan fingerprint density at radius 3 is 2.58 bits per heavy atom. The first-order chi connectivity index (χ1) is 17.4. The molecule has 0 aliphatic heterocycles. The van der Waals surface area contributed by atoms with Crippen molar-refractivity contribution >= 4 is 26.9 Å². The number of hydrogen-bond acceptors (Lipinski definition) is 5. The molecule has 0 unspecified atom stereocenters.